The highest BCUT2D eigenvalue weighted by atomic mass is 32.1. The number of pyridine rings is 1. The van der Waals surface area contributed by atoms with Crippen molar-refractivity contribution in [2.75, 3.05) is 12.4 Å². The second kappa shape index (κ2) is 7.19. The Labute approximate surface area is 138 Å². The van der Waals surface area contributed by atoms with Gasteiger partial charge in [0.25, 0.3) is 0 Å². The van der Waals surface area contributed by atoms with Crippen LogP contribution in [0, 0.1) is 0 Å². The van der Waals surface area contributed by atoms with Crippen LogP contribution in [0.3, 0.4) is 0 Å². The number of methoxy groups -OCH3 is 1. The van der Waals surface area contributed by atoms with Crippen LogP contribution in [-0.2, 0) is 11.2 Å². The summed E-state index contributed by atoms with van der Waals surface area (Å²) in [5.74, 6) is 0.511. The Balaban J connectivity index is 1.48. The van der Waals surface area contributed by atoms with Crippen LogP contribution in [0.2, 0.25) is 0 Å². The SMILES string of the molecule is COc1ccc(NC(=O)CCCc2nc3ccccc3s2)cn1. The van der Waals surface area contributed by atoms with Crippen LogP contribution in [0.25, 0.3) is 10.2 Å². The van der Waals surface area contributed by atoms with Crippen molar-refractivity contribution in [3.63, 3.8) is 0 Å². The number of thiazole rings is 1. The molecule has 1 aromatic carbocycles. The molecule has 6 heteroatoms. The van der Waals surface area contributed by atoms with Gasteiger partial charge in [-0.25, -0.2) is 9.97 Å². The Bertz CT molecular complexity index is 766. The van der Waals surface area contributed by atoms with Gasteiger partial charge in [-0.1, -0.05) is 12.1 Å². The Morgan fingerprint density at radius 3 is 2.87 bits per heavy atom. The van der Waals surface area contributed by atoms with Gasteiger partial charge >= 0.3 is 0 Å². The number of rotatable bonds is 6. The summed E-state index contributed by atoms with van der Waals surface area (Å²) >= 11 is 1.69. The van der Waals surface area contributed by atoms with Crippen molar-refractivity contribution in [1.82, 2.24) is 9.97 Å². The number of carbonyl (C=O) groups is 1. The molecule has 0 fully saturated rings. The van der Waals surface area contributed by atoms with Crippen LogP contribution in [0.4, 0.5) is 5.69 Å². The second-order valence-corrected chi connectivity index (χ2v) is 6.18. The van der Waals surface area contributed by atoms with Gasteiger partial charge in [0, 0.05) is 12.5 Å². The molecule has 118 valence electrons. The molecule has 0 aliphatic rings. The summed E-state index contributed by atoms with van der Waals surface area (Å²) in [7, 11) is 1.56. The number of nitrogens with zero attached hydrogens (tertiary/aromatic N) is 2. The number of carbonyl (C=O) groups excluding carboxylic acids is 1. The van der Waals surface area contributed by atoms with Crippen molar-refractivity contribution >= 4 is 33.1 Å². The van der Waals surface area contributed by atoms with Crippen molar-refractivity contribution in [2.45, 2.75) is 19.3 Å². The van der Waals surface area contributed by atoms with E-state index in [4.69, 9.17) is 4.74 Å². The number of benzene rings is 1. The molecule has 1 N–H and O–H groups in total. The summed E-state index contributed by atoms with van der Waals surface area (Å²) in [5.41, 5.74) is 1.71. The average molecular weight is 327 g/mol. The molecule has 2 aromatic heterocycles. The van der Waals surface area contributed by atoms with E-state index in [0.717, 1.165) is 23.4 Å². The number of amides is 1. The van der Waals surface area contributed by atoms with E-state index in [1.165, 1.54) is 4.70 Å². The molecule has 5 nitrogen and oxygen atoms in total. The fraction of sp³-hybridized carbons (Fsp3) is 0.235. The van der Waals surface area contributed by atoms with Gasteiger partial charge in [-0.15, -0.1) is 11.3 Å². The lowest BCUT2D eigenvalue weighted by atomic mass is 10.2. The third kappa shape index (κ3) is 4.04. The number of ether oxygens (including phenoxy) is 1. The molecule has 1 amide bonds. The van der Waals surface area contributed by atoms with Crippen LogP contribution >= 0.6 is 11.3 Å². The lowest BCUT2D eigenvalue weighted by Gasteiger charge is -2.05. The topological polar surface area (TPSA) is 64.1 Å². The molecule has 3 aromatic rings. The van der Waals surface area contributed by atoms with Gasteiger partial charge in [0.05, 0.1) is 34.2 Å². The van der Waals surface area contributed by atoms with Crippen LogP contribution in [-0.4, -0.2) is 23.0 Å². The molecule has 0 saturated heterocycles. The molecule has 0 aliphatic carbocycles. The zero-order valence-electron chi connectivity index (χ0n) is 12.8. The van der Waals surface area contributed by atoms with E-state index in [0.29, 0.717) is 18.0 Å². The average Bonchev–Trinajstić information content (AvgIpc) is 2.98. The van der Waals surface area contributed by atoms with Gasteiger partial charge in [-0.2, -0.15) is 0 Å². The van der Waals surface area contributed by atoms with Crippen molar-refractivity contribution < 1.29 is 9.53 Å². The predicted octanol–water partition coefficient (Wildman–Crippen LogP) is 3.66. The van der Waals surface area contributed by atoms with E-state index in [9.17, 15) is 4.79 Å². The molecule has 0 aliphatic heterocycles. The van der Waals surface area contributed by atoms with Crippen LogP contribution < -0.4 is 10.1 Å². The van der Waals surface area contributed by atoms with Gasteiger partial charge in [0.2, 0.25) is 11.8 Å². The Morgan fingerprint density at radius 1 is 1.26 bits per heavy atom. The molecular weight excluding hydrogens is 310 g/mol. The van der Waals surface area contributed by atoms with E-state index < -0.39 is 0 Å². The molecule has 0 saturated carbocycles. The normalized spacial score (nSPS) is 10.7. The maximum atomic E-state index is 11.9. The zero-order valence-corrected chi connectivity index (χ0v) is 13.6. The van der Waals surface area contributed by atoms with Gasteiger partial charge in [-0.05, 0) is 31.0 Å². The smallest absolute Gasteiger partial charge is 0.224 e. The Kier molecular flexibility index (Phi) is 4.83. The molecule has 0 atom stereocenters. The van der Waals surface area contributed by atoms with Crippen molar-refractivity contribution in [3.05, 3.63) is 47.6 Å². The monoisotopic (exact) mass is 327 g/mol. The lowest BCUT2D eigenvalue weighted by Crippen LogP contribution is -2.11. The highest BCUT2D eigenvalue weighted by Gasteiger charge is 2.06. The van der Waals surface area contributed by atoms with Gasteiger partial charge in [0.15, 0.2) is 0 Å². The predicted molar refractivity (Wildman–Crippen MR) is 92.0 cm³/mol. The number of fused-ring (bicyclic) bond motifs is 1. The third-order valence-electron chi connectivity index (χ3n) is 3.36. The quantitative estimate of drug-likeness (QED) is 0.750. The molecule has 0 spiro atoms. The van der Waals surface area contributed by atoms with Crippen molar-refractivity contribution in [1.29, 1.82) is 0 Å². The standard InChI is InChI=1S/C17H17N3O2S/c1-22-16-10-9-12(11-18-16)19-15(21)7-4-8-17-20-13-5-2-3-6-14(13)23-17/h2-3,5-6,9-11H,4,7-8H2,1H3,(H,19,21). The Hall–Kier alpha value is -2.47. The number of nitrogens with one attached hydrogen (secondary N) is 1. The number of hydrogen-bond donors (Lipinski definition) is 1. The molecule has 3 rings (SSSR count). The van der Waals surface area contributed by atoms with Crippen molar-refractivity contribution in [3.8, 4) is 5.88 Å². The van der Waals surface area contributed by atoms with E-state index in [1.54, 1.807) is 36.8 Å². The molecule has 0 unspecified atom stereocenters. The molecule has 0 bridgehead atoms. The largest absolute Gasteiger partial charge is 0.481 e. The van der Waals surface area contributed by atoms with E-state index in [-0.39, 0.29) is 5.91 Å². The number of para-hydroxylation sites is 1. The minimum Gasteiger partial charge on any atom is -0.481 e. The lowest BCUT2D eigenvalue weighted by molar-refractivity contribution is -0.116. The first kappa shape index (κ1) is 15.4. The third-order valence-corrected chi connectivity index (χ3v) is 4.46. The van der Waals surface area contributed by atoms with Gasteiger partial charge in [0.1, 0.15) is 0 Å². The number of anilines is 1. The van der Waals surface area contributed by atoms with Gasteiger partial charge in [-0.3, -0.25) is 4.79 Å². The number of hydrogen-bond acceptors (Lipinski definition) is 5. The zero-order chi connectivity index (χ0) is 16.1. The molecule has 2 heterocycles. The number of aryl methyl sites for hydroxylation is 1. The molecule has 23 heavy (non-hydrogen) atoms. The first-order valence-corrected chi connectivity index (χ1v) is 8.20. The highest BCUT2D eigenvalue weighted by molar-refractivity contribution is 7.18. The minimum absolute atomic E-state index is 0.0157. The number of aromatic nitrogens is 2. The summed E-state index contributed by atoms with van der Waals surface area (Å²) < 4.78 is 6.17. The first-order chi connectivity index (χ1) is 11.2. The summed E-state index contributed by atoms with van der Waals surface area (Å²) in [6.07, 6.45) is 3.63. The van der Waals surface area contributed by atoms with Gasteiger partial charge < -0.3 is 10.1 Å². The summed E-state index contributed by atoms with van der Waals surface area (Å²) in [6, 6.07) is 11.6. The highest BCUT2D eigenvalue weighted by Crippen LogP contribution is 2.22. The summed E-state index contributed by atoms with van der Waals surface area (Å²) in [4.78, 5) is 20.6. The maximum absolute atomic E-state index is 11.9. The second-order valence-electron chi connectivity index (χ2n) is 5.07. The van der Waals surface area contributed by atoms with E-state index >= 15 is 0 Å². The molecule has 0 radical (unpaired) electrons. The van der Waals surface area contributed by atoms with Crippen LogP contribution in [0.5, 0.6) is 5.88 Å². The fourth-order valence-corrected chi connectivity index (χ4v) is 3.23. The van der Waals surface area contributed by atoms with Crippen molar-refractivity contribution in [2.24, 2.45) is 0 Å². The summed E-state index contributed by atoms with van der Waals surface area (Å²) in [5, 5.41) is 3.91. The summed E-state index contributed by atoms with van der Waals surface area (Å²) in [6.45, 7) is 0. The van der Waals surface area contributed by atoms with E-state index in [2.05, 4.69) is 21.4 Å². The van der Waals surface area contributed by atoms with Crippen LogP contribution in [0.1, 0.15) is 17.8 Å². The van der Waals surface area contributed by atoms with E-state index in [1.807, 2.05) is 18.2 Å². The molecular formula is C17H17N3O2S. The maximum Gasteiger partial charge on any atom is 0.224 e. The minimum atomic E-state index is -0.0157. The Morgan fingerprint density at radius 2 is 2.13 bits per heavy atom. The fourth-order valence-electron chi connectivity index (χ4n) is 2.23. The first-order valence-electron chi connectivity index (χ1n) is 7.39. The van der Waals surface area contributed by atoms with Crippen LogP contribution in [0.15, 0.2) is 42.6 Å².